The van der Waals surface area contributed by atoms with E-state index in [0.29, 0.717) is 41.3 Å². The number of hydrogen-bond acceptors (Lipinski definition) is 16. The molecule has 3 aromatic heterocycles. The Morgan fingerprint density at radius 1 is 0.875 bits per heavy atom. The number of ether oxygens (including phenoxy) is 1. The van der Waals surface area contributed by atoms with Crippen LogP contribution in [0.5, 0.6) is 5.75 Å². The van der Waals surface area contributed by atoms with Crippen LogP contribution in [0.4, 0.5) is 17.2 Å². The van der Waals surface area contributed by atoms with Gasteiger partial charge in [0.15, 0.2) is 17.9 Å². The summed E-state index contributed by atoms with van der Waals surface area (Å²) in [5.74, 6) is 1.81. The van der Waals surface area contributed by atoms with E-state index in [1.165, 1.54) is 10.5 Å². The SMILES string of the molecule is C=O.CC.CC.CC.CCc1ccc2nnc(N3CCC(c4ccc(N(C=O)C(C=O)CCC=O)c5c(C)cccc45)CC3)cc2n1.CNC.CO.CO.Cc1sc(-c2cccc(NC3CCNC(C)(C)C3)c2)c(Cl)c1OCC=O. The maximum Gasteiger partial charge on any atom is 0.214 e. The van der Waals surface area contributed by atoms with Crippen LogP contribution in [0.25, 0.3) is 32.2 Å². The van der Waals surface area contributed by atoms with Gasteiger partial charge in [0, 0.05) is 73.0 Å². The first-order chi connectivity index (χ1) is 38.9. The second-order valence-electron chi connectivity index (χ2n) is 18.0. The fraction of sp³-hybridized carbons (Fsp3) is 0.484. The number of rotatable bonds is 16. The largest absolute Gasteiger partial charge is 0.483 e. The number of aryl methyl sites for hydroxylation is 3. The number of carbonyl (C=O) groups excluding carboxylic acids is 5. The zero-order valence-electron chi connectivity index (χ0n) is 50.3. The summed E-state index contributed by atoms with van der Waals surface area (Å²) < 4.78 is 5.48. The van der Waals surface area contributed by atoms with Gasteiger partial charge in [-0.2, -0.15) is 0 Å². The molecule has 1 amide bonds. The number of benzene rings is 3. The van der Waals surface area contributed by atoms with Crippen molar-refractivity contribution in [2.75, 3.05) is 69.7 Å². The van der Waals surface area contributed by atoms with E-state index in [0.717, 1.165) is 145 Å². The lowest BCUT2D eigenvalue weighted by Gasteiger charge is -2.37. The number of hydrogen-bond donors (Lipinski definition) is 5. The van der Waals surface area contributed by atoms with Crippen molar-refractivity contribution in [3.8, 4) is 16.2 Å². The van der Waals surface area contributed by atoms with Crippen molar-refractivity contribution in [3.05, 3.63) is 99.5 Å². The van der Waals surface area contributed by atoms with E-state index in [1.807, 2.05) is 119 Å². The minimum Gasteiger partial charge on any atom is -0.483 e. The highest BCUT2D eigenvalue weighted by atomic mass is 35.5. The van der Waals surface area contributed by atoms with Gasteiger partial charge in [-0.15, -0.1) is 21.5 Å². The third kappa shape index (κ3) is 21.7. The number of nitrogens with one attached hydrogen (secondary N) is 3. The number of aromatic nitrogens is 3. The Labute approximate surface area is 486 Å². The number of anilines is 3. The predicted molar refractivity (Wildman–Crippen MR) is 335 cm³/mol. The molecule has 0 spiro atoms. The van der Waals surface area contributed by atoms with Crippen molar-refractivity contribution in [1.82, 2.24) is 25.8 Å². The Balaban J connectivity index is 0.00000132. The van der Waals surface area contributed by atoms with Crippen LogP contribution < -0.4 is 30.5 Å². The van der Waals surface area contributed by atoms with Gasteiger partial charge in [0.2, 0.25) is 6.41 Å². The molecule has 80 heavy (non-hydrogen) atoms. The van der Waals surface area contributed by atoms with Gasteiger partial charge < -0.3 is 55.1 Å². The van der Waals surface area contributed by atoms with Crippen LogP contribution in [0.3, 0.4) is 0 Å². The second kappa shape index (κ2) is 41.8. The minimum atomic E-state index is -0.685. The number of aliphatic hydroxyl groups is 2. The van der Waals surface area contributed by atoms with Crippen molar-refractivity contribution in [3.63, 3.8) is 0 Å². The van der Waals surface area contributed by atoms with E-state index in [-0.39, 0.29) is 18.6 Å². The van der Waals surface area contributed by atoms with Gasteiger partial charge in [0.05, 0.1) is 22.1 Å². The maximum atomic E-state index is 12.2. The van der Waals surface area contributed by atoms with Crippen molar-refractivity contribution < 1.29 is 38.9 Å². The molecule has 2 fully saturated rings. The number of aliphatic hydroxyl groups excluding tert-OH is 2. The lowest BCUT2D eigenvalue weighted by molar-refractivity contribution is -0.113. The van der Waals surface area contributed by atoms with Crippen molar-refractivity contribution in [1.29, 1.82) is 0 Å². The van der Waals surface area contributed by atoms with Gasteiger partial charge in [-0.3, -0.25) is 14.6 Å². The van der Waals surface area contributed by atoms with E-state index < -0.39 is 6.04 Å². The van der Waals surface area contributed by atoms with E-state index in [9.17, 15) is 19.2 Å². The highest BCUT2D eigenvalue weighted by molar-refractivity contribution is 7.16. The van der Waals surface area contributed by atoms with E-state index in [1.54, 1.807) is 11.3 Å². The lowest BCUT2D eigenvalue weighted by Crippen LogP contribution is -2.49. The number of carbonyl (C=O) groups is 5. The average Bonchev–Trinajstić information content (AvgIpc) is 3.79. The number of halogens is 1. The van der Waals surface area contributed by atoms with Gasteiger partial charge in [-0.1, -0.05) is 96.5 Å². The molecule has 0 aliphatic carbocycles. The van der Waals surface area contributed by atoms with Crippen LogP contribution in [-0.4, -0.2) is 130 Å². The zero-order chi connectivity index (χ0) is 60.8. The van der Waals surface area contributed by atoms with Crippen molar-refractivity contribution in [2.45, 2.75) is 145 Å². The van der Waals surface area contributed by atoms with Crippen LogP contribution in [0.2, 0.25) is 5.02 Å². The van der Waals surface area contributed by atoms with E-state index in [2.05, 4.69) is 82.2 Å². The smallest absolute Gasteiger partial charge is 0.214 e. The van der Waals surface area contributed by atoms with E-state index in [4.69, 9.17) is 36.3 Å². The third-order valence-corrected chi connectivity index (χ3v) is 14.1. The first kappa shape index (κ1) is 73.8. The summed E-state index contributed by atoms with van der Waals surface area (Å²) in [6.07, 6.45) is 8.47. The molecule has 0 bridgehead atoms. The first-order valence-electron chi connectivity index (χ1n) is 27.7. The Morgan fingerprint density at radius 3 is 2.11 bits per heavy atom. The Morgan fingerprint density at radius 2 is 1.52 bits per heavy atom. The van der Waals surface area contributed by atoms with Gasteiger partial charge in [-0.05, 0) is 145 Å². The summed E-state index contributed by atoms with van der Waals surface area (Å²) in [5, 5.41) is 35.5. The average molecular weight is 1150 g/mol. The molecule has 2 aliphatic rings. The van der Waals surface area contributed by atoms with Crippen LogP contribution >= 0.6 is 22.9 Å². The lowest BCUT2D eigenvalue weighted by atomic mass is 9.85. The highest BCUT2D eigenvalue weighted by Crippen LogP contribution is 2.46. The predicted octanol–water partition coefficient (Wildman–Crippen LogP) is 11.8. The monoisotopic (exact) mass is 1140 g/mol. The summed E-state index contributed by atoms with van der Waals surface area (Å²) in [6.45, 7) is 27.3. The number of aldehydes is 3. The van der Waals surface area contributed by atoms with Gasteiger partial charge >= 0.3 is 0 Å². The molecule has 0 saturated carbocycles. The quantitative estimate of drug-likeness (QED) is 0.0570. The van der Waals surface area contributed by atoms with Gasteiger partial charge in [0.1, 0.15) is 36.5 Å². The van der Waals surface area contributed by atoms with Crippen LogP contribution in [0.1, 0.15) is 128 Å². The molecule has 18 heteroatoms. The van der Waals surface area contributed by atoms with Crippen LogP contribution in [0.15, 0.2) is 72.8 Å². The summed E-state index contributed by atoms with van der Waals surface area (Å²) in [4.78, 5) is 63.9. The number of fused-ring (bicyclic) bond motifs is 2. The molecule has 0 radical (unpaired) electrons. The number of nitrogens with zero attached hydrogens (tertiary/aromatic N) is 5. The standard InChI is InChI=1S/C31H33N5O3.C20H25ClN2O2S.C2H7N.3C2H6.2CH4O.CH2O/c1-3-23-9-11-27-28(32-23)18-30(34-33-27)35-15-13-22(14-16-35)25-10-12-29(31-21(2)6-4-8-26(25)31)36(20-39)24(19-38)7-5-17-37;1-13-18(25-10-9-24)17(21)19(26-13)14-5-4-6-15(11-14)23-16-7-8-22-20(2,3)12-16;1-3-2;6*1-2/h4,6,8-12,17-20,22,24H,3,5,7,13-16H2,1-2H3;4-6,9,11,16,22-23H,7-8,10,12H2,1-3H3;3H,1-2H3;3*1-2H3;2*2H,1H3;1H2. The molecular weight excluding hydrogens is 1050 g/mol. The minimum absolute atomic E-state index is 0.0177. The Kier molecular flexibility index (Phi) is 38.5. The second-order valence-corrected chi connectivity index (χ2v) is 19.6. The molecule has 3 aromatic carbocycles. The summed E-state index contributed by atoms with van der Waals surface area (Å²) in [7, 11) is 5.75. The molecule has 5 N–H and O–H groups in total. The maximum absolute atomic E-state index is 12.2. The fourth-order valence-electron chi connectivity index (χ4n) is 9.17. The third-order valence-electron chi connectivity index (χ3n) is 12.5. The zero-order valence-corrected chi connectivity index (χ0v) is 51.9. The summed E-state index contributed by atoms with van der Waals surface area (Å²) in [6, 6.07) is 24.3. The fourth-order valence-corrected chi connectivity index (χ4v) is 10.6. The molecule has 8 rings (SSSR count). The normalized spacial score (nSPS) is 14.1. The molecule has 6 aromatic rings. The Hall–Kier alpha value is -6.21. The van der Waals surface area contributed by atoms with Gasteiger partial charge in [-0.25, -0.2) is 0 Å². The topological polar surface area (TPSA) is 216 Å². The summed E-state index contributed by atoms with van der Waals surface area (Å²) in [5.41, 5.74) is 8.03. The summed E-state index contributed by atoms with van der Waals surface area (Å²) >= 11 is 8.11. The number of pyridine rings is 1. The first-order valence-corrected chi connectivity index (χ1v) is 28.9. The van der Waals surface area contributed by atoms with Crippen molar-refractivity contribution >= 4 is 94.0 Å². The molecule has 5 heterocycles. The molecule has 2 saturated heterocycles. The highest BCUT2D eigenvalue weighted by Gasteiger charge is 2.29. The Bertz CT molecular complexity index is 2700. The van der Waals surface area contributed by atoms with Crippen LogP contribution in [-0.2, 0) is 30.4 Å². The molecule has 2 atom stereocenters. The van der Waals surface area contributed by atoms with Crippen LogP contribution in [0, 0.1) is 13.8 Å². The van der Waals surface area contributed by atoms with E-state index >= 15 is 0 Å². The molecule has 2 unspecified atom stereocenters. The number of amides is 1. The molecule has 16 nitrogen and oxygen atoms in total. The van der Waals surface area contributed by atoms with Gasteiger partial charge in [0.25, 0.3) is 0 Å². The molecule has 442 valence electrons. The number of piperidine rings is 2. The molecular formula is C62H93ClN8O8S. The molecule has 2 aliphatic heterocycles. The van der Waals surface area contributed by atoms with Crippen molar-refractivity contribution in [2.24, 2.45) is 0 Å². The number of thiophene rings is 1.